The van der Waals surface area contributed by atoms with Crippen LogP contribution in [-0.2, 0) is 11.2 Å². The number of pyridine rings is 2. The van der Waals surface area contributed by atoms with E-state index in [0.29, 0.717) is 28.5 Å². The molecular formula is C35H32F6N8O. The smallest absolute Gasteiger partial charge is 0.292 e. The number of allylic oxidation sites excluding steroid dienone is 2. The fourth-order valence-corrected chi connectivity index (χ4v) is 6.11. The first kappa shape index (κ1) is 34.5. The summed E-state index contributed by atoms with van der Waals surface area (Å²) in [7, 11) is 0. The number of halogens is 6. The number of nitrogens with two attached hydrogens (primary N) is 2. The molecule has 0 bridgehead atoms. The van der Waals surface area contributed by atoms with E-state index in [0.717, 1.165) is 12.1 Å². The molecule has 1 amide bonds. The van der Waals surface area contributed by atoms with E-state index in [1.807, 2.05) is 20.8 Å². The van der Waals surface area contributed by atoms with Gasteiger partial charge in [-0.3, -0.25) is 14.2 Å². The summed E-state index contributed by atoms with van der Waals surface area (Å²) in [4.78, 5) is 22.1. The van der Waals surface area contributed by atoms with Crippen molar-refractivity contribution >= 4 is 23.2 Å². The van der Waals surface area contributed by atoms with E-state index in [2.05, 4.69) is 32.3 Å². The lowest BCUT2D eigenvalue weighted by atomic mass is 9.94. The zero-order valence-electron chi connectivity index (χ0n) is 27.1. The number of nitrogens with zero attached hydrogens (tertiary/aromatic N) is 5. The van der Waals surface area contributed by atoms with E-state index in [4.69, 9.17) is 16.5 Å². The van der Waals surface area contributed by atoms with Crippen LogP contribution in [0.2, 0.25) is 0 Å². The van der Waals surface area contributed by atoms with Gasteiger partial charge in [-0.1, -0.05) is 5.92 Å². The molecule has 3 atom stereocenters. The van der Waals surface area contributed by atoms with E-state index < -0.39 is 76.7 Å². The highest BCUT2D eigenvalue weighted by Gasteiger charge is 2.67. The van der Waals surface area contributed by atoms with Crippen molar-refractivity contribution < 1.29 is 31.1 Å². The standard InChI is InChI=1S/C35H32F6N8O/c1-34(2,3)9-8-20-6-7-21(22-5-4-10-49-32(22)47-48-33(49)43)29(45-20)25(13-17-11-18(36)14-19(37)12-17)46-26(50)16-44-30-27(28(42)31(38)39)23-15-24(23)35(30,40)41/h4-7,10-12,14,23-25,31H,13,15-16,42H2,1-3H3,(H2,43,48)(H,46,50)/t23-,24+,25-/m0/s1. The molecule has 5 N–H and O–H groups in total. The van der Waals surface area contributed by atoms with Gasteiger partial charge in [0, 0.05) is 40.3 Å². The number of carbonyl (C=O) groups excluding carboxylic acids is 1. The number of fused-ring (bicyclic) bond motifs is 2. The van der Waals surface area contributed by atoms with Gasteiger partial charge in [0.05, 0.1) is 17.4 Å². The van der Waals surface area contributed by atoms with Crippen molar-refractivity contribution in [1.29, 1.82) is 0 Å². The summed E-state index contributed by atoms with van der Waals surface area (Å²) >= 11 is 0. The molecule has 0 unspecified atom stereocenters. The molecule has 2 fully saturated rings. The molecule has 0 spiro atoms. The highest BCUT2D eigenvalue weighted by atomic mass is 19.3. The Balaban J connectivity index is 1.45. The van der Waals surface area contributed by atoms with Crippen molar-refractivity contribution in [2.24, 2.45) is 28.0 Å². The van der Waals surface area contributed by atoms with Crippen LogP contribution in [-0.4, -0.2) is 50.1 Å². The second-order valence-electron chi connectivity index (χ2n) is 13.3. The fourth-order valence-electron chi connectivity index (χ4n) is 6.11. The lowest BCUT2D eigenvalue weighted by Gasteiger charge is -2.22. The van der Waals surface area contributed by atoms with Crippen LogP contribution in [0.4, 0.5) is 32.3 Å². The molecule has 2 aliphatic carbocycles. The van der Waals surface area contributed by atoms with Gasteiger partial charge in [-0.15, -0.1) is 10.2 Å². The fraction of sp³-hybridized carbons (Fsp3) is 0.343. The molecule has 3 aromatic heterocycles. The first-order chi connectivity index (χ1) is 23.5. The summed E-state index contributed by atoms with van der Waals surface area (Å²) in [5.41, 5.74) is 10.6. The zero-order chi connectivity index (χ0) is 36.1. The molecule has 9 nitrogen and oxygen atoms in total. The molecular weight excluding hydrogens is 662 g/mol. The third-order valence-corrected chi connectivity index (χ3v) is 8.39. The monoisotopic (exact) mass is 694 g/mol. The van der Waals surface area contributed by atoms with Crippen molar-refractivity contribution in [3.63, 3.8) is 0 Å². The molecule has 15 heteroatoms. The average Bonchev–Trinajstić information content (AvgIpc) is 3.70. The molecule has 3 heterocycles. The molecule has 1 aromatic carbocycles. The van der Waals surface area contributed by atoms with Crippen LogP contribution in [0, 0.1) is 40.7 Å². The lowest BCUT2D eigenvalue weighted by molar-refractivity contribution is -0.120. The van der Waals surface area contributed by atoms with Crippen molar-refractivity contribution in [2.75, 3.05) is 12.3 Å². The van der Waals surface area contributed by atoms with Gasteiger partial charge >= 0.3 is 0 Å². The Labute approximate surface area is 282 Å². The zero-order valence-corrected chi connectivity index (χ0v) is 27.1. The van der Waals surface area contributed by atoms with Crippen molar-refractivity contribution in [1.82, 2.24) is 24.9 Å². The average molecular weight is 695 g/mol. The van der Waals surface area contributed by atoms with Crippen LogP contribution in [0.15, 0.2) is 64.9 Å². The molecule has 260 valence electrons. The van der Waals surface area contributed by atoms with Crippen LogP contribution in [0.1, 0.15) is 50.2 Å². The van der Waals surface area contributed by atoms with Crippen molar-refractivity contribution in [3.05, 3.63) is 88.5 Å². The Hall–Kier alpha value is -5.39. The number of rotatable bonds is 8. The quantitative estimate of drug-likeness (QED) is 0.161. The number of amides is 1. The Morgan fingerprint density at radius 3 is 2.52 bits per heavy atom. The minimum Gasteiger partial charge on any atom is -0.397 e. The number of aromatic nitrogens is 4. The summed E-state index contributed by atoms with van der Waals surface area (Å²) in [6.07, 6.45) is -1.77. The summed E-state index contributed by atoms with van der Waals surface area (Å²) in [6, 6.07) is 8.47. The van der Waals surface area contributed by atoms with Crippen LogP contribution in [0.25, 0.3) is 16.8 Å². The summed E-state index contributed by atoms with van der Waals surface area (Å²) < 4.78 is 87.5. The third kappa shape index (κ3) is 6.87. The third-order valence-electron chi connectivity index (χ3n) is 8.39. The first-order valence-corrected chi connectivity index (χ1v) is 15.6. The molecule has 0 radical (unpaired) electrons. The maximum atomic E-state index is 15.1. The topological polar surface area (TPSA) is 137 Å². The van der Waals surface area contributed by atoms with E-state index >= 15 is 8.78 Å². The summed E-state index contributed by atoms with van der Waals surface area (Å²) in [5, 5.41) is 10.8. The van der Waals surface area contributed by atoms with Crippen LogP contribution in [0.3, 0.4) is 0 Å². The van der Waals surface area contributed by atoms with Gasteiger partial charge in [-0.2, -0.15) is 8.78 Å². The van der Waals surface area contributed by atoms with Crippen LogP contribution >= 0.6 is 0 Å². The van der Waals surface area contributed by atoms with Crippen LogP contribution < -0.4 is 16.8 Å². The minimum atomic E-state index is -3.55. The van der Waals surface area contributed by atoms with Gasteiger partial charge in [0.1, 0.15) is 29.6 Å². The van der Waals surface area contributed by atoms with Crippen molar-refractivity contribution in [3.8, 4) is 23.0 Å². The van der Waals surface area contributed by atoms with Gasteiger partial charge in [-0.05, 0) is 87.4 Å². The Morgan fingerprint density at radius 1 is 1.12 bits per heavy atom. The lowest BCUT2D eigenvalue weighted by Crippen LogP contribution is -2.35. The Bertz CT molecular complexity index is 2100. The first-order valence-electron chi connectivity index (χ1n) is 15.6. The predicted octanol–water partition coefficient (Wildman–Crippen LogP) is 5.65. The number of aliphatic imine (C=N–C) groups is 1. The summed E-state index contributed by atoms with van der Waals surface area (Å²) in [5.74, 6) is -2.06. The van der Waals surface area contributed by atoms with E-state index in [9.17, 15) is 22.4 Å². The van der Waals surface area contributed by atoms with Gasteiger partial charge in [0.25, 0.3) is 12.3 Å². The van der Waals surface area contributed by atoms with Gasteiger partial charge < -0.3 is 16.8 Å². The number of nitrogens with one attached hydrogen (secondary N) is 1. The maximum absolute atomic E-state index is 15.1. The molecule has 6 rings (SSSR count). The van der Waals surface area contributed by atoms with E-state index in [-0.39, 0.29) is 30.0 Å². The molecule has 0 aliphatic heterocycles. The molecule has 0 saturated heterocycles. The highest BCUT2D eigenvalue weighted by Crippen LogP contribution is 2.62. The highest BCUT2D eigenvalue weighted by molar-refractivity contribution is 6.11. The second kappa shape index (κ2) is 12.8. The molecule has 2 aliphatic rings. The van der Waals surface area contributed by atoms with Gasteiger partial charge in [0.15, 0.2) is 5.65 Å². The number of benzene rings is 1. The molecule has 4 aromatic rings. The summed E-state index contributed by atoms with van der Waals surface area (Å²) in [6.45, 7) is 4.83. The number of nitrogen functional groups attached to an aromatic ring is 1. The van der Waals surface area contributed by atoms with E-state index in [1.165, 1.54) is 4.40 Å². The second-order valence-corrected chi connectivity index (χ2v) is 13.3. The van der Waals surface area contributed by atoms with Crippen molar-refractivity contribution in [2.45, 2.75) is 52.0 Å². The van der Waals surface area contributed by atoms with Crippen LogP contribution in [0.5, 0.6) is 0 Å². The normalized spacial score (nSPS) is 20.4. The molecule has 50 heavy (non-hydrogen) atoms. The largest absolute Gasteiger partial charge is 0.397 e. The number of hydrogen-bond donors (Lipinski definition) is 3. The number of carbonyl (C=O) groups is 1. The van der Waals surface area contributed by atoms with E-state index in [1.54, 1.807) is 30.5 Å². The minimum absolute atomic E-state index is 0.0133. The van der Waals surface area contributed by atoms with Gasteiger partial charge in [0.2, 0.25) is 11.9 Å². The maximum Gasteiger partial charge on any atom is 0.292 e. The SMILES string of the molecule is CC(C)(C)C#Cc1ccc(-c2cccn3c(N)nnc23)c([C@H](Cc2cc(F)cc(F)c2)NC(=O)CN=C2C(=C(N)C(F)F)[C@H]3C[C@H]3C2(F)F)n1. The van der Waals surface area contributed by atoms with Gasteiger partial charge in [-0.25, -0.2) is 22.5 Å². The number of alkyl halides is 4. The predicted molar refractivity (Wildman–Crippen MR) is 174 cm³/mol. The Morgan fingerprint density at radius 2 is 1.84 bits per heavy atom. The Kier molecular flexibility index (Phi) is 8.83. The number of hydrogen-bond acceptors (Lipinski definition) is 7. The number of anilines is 1. The molecule has 2 saturated carbocycles.